The lowest BCUT2D eigenvalue weighted by Crippen LogP contribution is -2.55. The van der Waals surface area contributed by atoms with Crippen LogP contribution in [0.15, 0.2) is 0 Å². The van der Waals surface area contributed by atoms with E-state index in [0.29, 0.717) is 6.42 Å². The smallest absolute Gasteiger partial charge is 0.326 e. The summed E-state index contributed by atoms with van der Waals surface area (Å²) in [7, 11) is 0. The molecule has 4 amide bonds. The van der Waals surface area contributed by atoms with Gasteiger partial charge in [0, 0.05) is 6.42 Å². The van der Waals surface area contributed by atoms with Crippen LogP contribution in [0.25, 0.3) is 0 Å². The van der Waals surface area contributed by atoms with Crippen LogP contribution >= 0.6 is 0 Å². The minimum atomic E-state index is -1.41. The van der Waals surface area contributed by atoms with Crippen LogP contribution in [0, 0.1) is 5.92 Å². The van der Waals surface area contributed by atoms with Gasteiger partial charge in [-0.25, -0.2) is 4.79 Å². The highest BCUT2D eigenvalue weighted by atomic mass is 16.4. The van der Waals surface area contributed by atoms with Gasteiger partial charge in [0.2, 0.25) is 23.6 Å². The number of hydrogen-bond donors (Lipinski definition) is 6. The topological polar surface area (TPSA) is 208 Å². The van der Waals surface area contributed by atoms with Crippen molar-refractivity contribution in [3.63, 3.8) is 0 Å². The van der Waals surface area contributed by atoms with E-state index >= 15 is 0 Å². The summed E-state index contributed by atoms with van der Waals surface area (Å²) in [6, 6.07) is -3.69. The van der Waals surface area contributed by atoms with Gasteiger partial charge in [0.1, 0.15) is 12.1 Å². The predicted octanol–water partition coefficient (Wildman–Crippen LogP) is -2.45. The van der Waals surface area contributed by atoms with E-state index in [9.17, 15) is 24.0 Å². The fraction of sp³-hybridized carbons (Fsp3) is 0.667. The van der Waals surface area contributed by atoms with Gasteiger partial charge >= 0.3 is 5.97 Å². The first-order chi connectivity index (χ1) is 11.9. The van der Waals surface area contributed by atoms with Crippen molar-refractivity contribution in [1.82, 2.24) is 10.6 Å². The fourth-order valence-electron chi connectivity index (χ4n) is 2.12. The average molecular weight is 373 g/mol. The van der Waals surface area contributed by atoms with Crippen molar-refractivity contribution in [2.75, 3.05) is 0 Å². The molecule has 11 nitrogen and oxygen atoms in total. The lowest BCUT2D eigenvalue weighted by atomic mass is 10.0. The third-order valence-corrected chi connectivity index (χ3v) is 3.39. The van der Waals surface area contributed by atoms with Gasteiger partial charge in [-0.3, -0.25) is 19.2 Å². The van der Waals surface area contributed by atoms with E-state index in [-0.39, 0.29) is 18.8 Å². The standard InChI is InChI=1S/C15H27N5O6/c1-7(2)5-8(16)13(23)20-10(6-12(18)22)14(24)19-9(15(25)26)3-4-11(17)21/h7-10H,3-6,16H2,1-2H3,(H2,17,21)(H2,18,22)(H,19,24)(H,20,23)(H,25,26). The molecule has 26 heavy (non-hydrogen) atoms. The zero-order chi connectivity index (χ0) is 20.4. The molecule has 0 rings (SSSR count). The average Bonchev–Trinajstić information content (AvgIpc) is 2.48. The van der Waals surface area contributed by atoms with E-state index in [1.807, 2.05) is 13.8 Å². The van der Waals surface area contributed by atoms with E-state index in [4.69, 9.17) is 22.3 Å². The van der Waals surface area contributed by atoms with Crippen LogP contribution in [0.3, 0.4) is 0 Å². The minimum Gasteiger partial charge on any atom is -0.480 e. The number of primary amides is 2. The van der Waals surface area contributed by atoms with Crippen molar-refractivity contribution in [3.05, 3.63) is 0 Å². The Hall–Kier alpha value is -2.69. The second-order valence-corrected chi connectivity index (χ2v) is 6.37. The number of aliphatic carboxylic acids is 1. The number of carboxylic acid groups (broad SMARTS) is 1. The number of nitrogens with one attached hydrogen (secondary N) is 2. The number of carboxylic acids is 1. The van der Waals surface area contributed by atoms with Crippen molar-refractivity contribution >= 4 is 29.6 Å². The maximum absolute atomic E-state index is 12.3. The minimum absolute atomic E-state index is 0.129. The van der Waals surface area contributed by atoms with Gasteiger partial charge in [-0.2, -0.15) is 0 Å². The molecule has 0 fully saturated rings. The molecule has 0 saturated carbocycles. The summed E-state index contributed by atoms with van der Waals surface area (Å²) < 4.78 is 0. The number of carbonyl (C=O) groups is 5. The Morgan fingerprint density at radius 3 is 1.88 bits per heavy atom. The Morgan fingerprint density at radius 1 is 0.923 bits per heavy atom. The first-order valence-corrected chi connectivity index (χ1v) is 8.09. The van der Waals surface area contributed by atoms with Crippen LogP contribution in [-0.2, 0) is 24.0 Å². The summed E-state index contributed by atoms with van der Waals surface area (Å²) in [5.74, 6) is -4.45. The molecular weight excluding hydrogens is 346 g/mol. The Labute approximate surface area is 151 Å². The normalized spacial score (nSPS) is 14.2. The van der Waals surface area contributed by atoms with E-state index in [0.717, 1.165) is 0 Å². The maximum Gasteiger partial charge on any atom is 0.326 e. The Bertz CT molecular complexity index is 551. The summed E-state index contributed by atoms with van der Waals surface area (Å²) in [5, 5.41) is 13.6. The molecule has 0 bridgehead atoms. The summed E-state index contributed by atoms with van der Waals surface area (Å²) in [4.78, 5) is 57.5. The number of rotatable bonds is 12. The molecule has 0 aliphatic rings. The molecular formula is C15H27N5O6. The second kappa shape index (κ2) is 11.0. The van der Waals surface area contributed by atoms with Crippen LogP contribution in [-0.4, -0.2) is 52.8 Å². The Balaban J connectivity index is 5.05. The van der Waals surface area contributed by atoms with Gasteiger partial charge in [-0.1, -0.05) is 13.8 Å². The second-order valence-electron chi connectivity index (χ2n) is 6.37. The monoisotopic (exact) mass is 373 g/mol. The summed E-state index contributed by atoms with van der Waals surface area (Å²) in [5.41, 5.74) is 15.8. The molecule has 0 radical (unpaired) electrons. The largest absolute Gasteiger partial charge is 0.480 e. The molecule has 0 aliphatic heterocycles. The van der Waals surface area contributed by atoms with E-state index in [2.05, 4.69) is 10.6 Å². The first kappa shape index (κ1) is 23.3. The van der Waals surface area contributed by atoms with Crippen molar-refractivity contribution in [2.24, 2.45) is 23.1 Å². The quantitative estimate of drug-likeness (QED) is 0.217. The number of hydrogen-bond acceptors (Lipinski definition) is 6. The highest BCUT2D eigenvalue weighted by Gasteiger charge is 2.29. The maximum atomic E-state index is 12.3. The molecule has 11 heteroatoms. The van der Waals surface area contributed by atoms with Gasteiger partial charge in [0.15, 0.2) is 0 Å². The van der Waals surface area contributed by atoms with Gasteiger partial charge in [-0.15, -0.1) is 0 Å². The zero-order valence-corrected chi connectivity index (χ0v) is 14.9. The van der Waals surface area contributed by atoms with E-state index < -0.39 is 54.1 Å². The Morgan fingerprint density at radius 2 is 1.46 bits per heavy atom. The number of nitrogens with two attached hydrogens (primary N) is 3. The molecule has 0 aliphatic carbocycles. The highest BCUT2D eigenvalue weighted by molar-refractivity contribution is 5.94. The van der Waals surface area contributed by atoms with E-state index in [1.54, 1.807) is 0 Å². The molecule has 3 unspecified atom stereocenters. The van der Waals surface area contributed by atoms with Crippen LogP contribution in [0.2, 0.25) is 0 Å². The number of amides is 4. The summed E-state index contributed by atoms with van der Waals surface area (Å²) in [6.45, 7) is 3.72. The lowest BCUT2D eigenvalue weighted by molar-refractivity contribution is -0.142. The summed E-state index contributed by atoms with van der Waals surface area (Å²) in [6.07, 6.45) is -0.675. The SMILES string of the molecule is CC(C)CC(N)C(=O)NC(CC(N)=O)C(=O)NC(CCC(N)=O)C(=O)O. The Kier molecular flexibility index (Phi) is 9.89. The molecule has 0 aromatic rings. The molecule has 0 aromatic carbocycles. The van der Waals surface area contributed by atoms with Crippen LogP contribution < -0.4 is 27.8 Å². The van der Waals surface area contributed by atoms with Crippen LogP contribution in [0.4, 0.5) is 0 Å². The molecule has 0 saturated heterocycles. The van der Waals surface area contributed by atoms with Crippen LogP contribution in [0.5, 0.6) is 0 Å². The van der Waals surface area contributed by atoms with Gasteiger partial charge in [0.25, 0.3) is 0 Å². The van der Waals surface area contributed by atoms with Crippen molar-refractivity contribution in [2.45, 2.75) is 57.7 Å². The fourth-order valence-corrected chi connectivity index (χ4v) is 2.12. The molecule has 148 valence electrons. The highest BCUT2D eigenvalue weighted by Crippen LogP contribution is 2.04. The number of carbonyl (C=O) groups excluding carboxylic acids is 4. The first-order valence-electron chi connectivity index (χ1n) is 8.09. The molecule has 0 aromatic heterocycles. The van der Waals surface area contributed by atoms with Gasteiger partial charge in [-0.05, 0) is 18.8 Å². The van der Waals surface area contributed by atoms with Crippen LogP contribution in [0.1, 0.15) is 39.5 Å². The predicted molar refractivity (Wildman–Crippen MR) is 91.2 cm³/mol. The van der Waals surface area contributed by atoms with Crippen molar-refractivity contribution in [3.8, 4) is 0 Å². The summed E-state index contributed by atoms with van der Waals surface area (Å²) >= 11 is 0. The third kappa shape index (κ3) is 9.57. The van der Waals surface area contributed by atoms with Gasteiger partial charge < -0.3 is 32.9 Å². The third-order valence-electron chi connectivity index (χ3n) is 3.39. The van der Waals surface area contributed by atoms with Crippen molar-refractivity contribution in [1.29, 1.82) is 0 Å². The lowest BCUT2D eigenvalue weighted by Gasteiger charge is -2.22. The van der Waals surface area contributed by atoms with Crippen molar-refractivity contribution < 1.29 is 29.1 Å². The van der Waals surface area contributed by atoms with Gasteiger partial charge in [0.05, 0.1) is 12.5 Å². The zero-order valence-electron chi connectivity index (χ0n) is 14.9. The molecule has 0 heterocycles. The molecule has 0 spiro atoms. The molecule has 3 atom stereocenters. The molecule has 9 N–H and O–H groups in total. The van der Waals surface area contributed by atoms with E-state index in [1.165, 1.54) is 0 Å².